The molecule has 4 nitrogen and oxygen atoms in total. The van der Waals surface area contributed by atoms with E-state index in [1.807, 2.05) is 30.3 Å². The molecule has 0 unspecified atom stereocenters. The normalized spacial score (nSPS) is 15.8. The van der Waals surface area contributed by atoms with Crippen LogP contribution in [-0.4, -0.2) is 43.1 Å². The minimum absolute atomic E-state index is 0.506. The monoisotopic (exact) mass is 315 g/mol. The molecule has 0 N–H and O–H groups in total. The zero-order chi connectivity index (χ0) is 15.4. The highest BCUT2D eigenvalue weighted by atomic mass is 32.1. The first-order chi connectivity index (χ1) is 10.7. The number of ether oxygens (including phenoxy) is 1. The highest BCUT2D eigenvalue weighted by Crippen LogP contribution is 2.27. The Hall–Kier alpha value is -1.72. The van der Waals surface area contributed by atoms with Gasteiger partial charge >= 0.3 is 0 Å². The molecule has 0 saturated carbocycles. The van der Waals surface area contributed by atoms with E-state index in [1.165, 1.54) is 0 Å². The number of anilines is 1. The highest BCUT2D eigenvalue weighted by molar-refractivity contribution is 7.80. The number of hydrogen-bond acceptors (Lipinski definition) is 5. The Morgan fingerprint density at radius 1 is 1.14 bits per heavy atom. The molecule has 2 aromatic rings. The third-order valence-electron chi connectivity index (χ3n) is 3.88. The summed E-state index contributed by atoms with van der Waals surface area (Å²) < 4.78 is 5.96. The van der Waals surface area contributed by atoms with Gasteiger partial charge in [-0.15, -0.1) is 12.6 Å². The summed E-state index contributed by atoms with van der Waals surface area (Å²) in [7, 11) is 2.16. The van der Waals surface area contributed by atoms with E-state index < -0.39 is 0 Å². The summed E-state index contributed by atoms with van der Waals surface area (Å²) >= 11 is 4.36. The first kappa shape index (κ1) is 15.2. The van der Waals surface area contributed by atoms with Crippen LogP contribution in [0.1, 0.15) is 5.56 Å². The van der Waals surface area contributed by atoms with Crippen molar-refractivity contribution in [2.75, 3.05) is 38.1 Å². The van der Waals surface area contributed by atoms with Crippen molar-refractivity contribution in [2.45, 2.75) is 11.5 Å². The summed E-state index contributed by atoms with van der Waals surface area (Å²) in [5, 5.41) is 0. The van der Waals surface area contributed by atoms with Gasteiger partial charge in [0.1, 0.15) is 6.61 Å². The van der Waals surface area contributed by atoms with Gasteiger partial charge in [0.15, 0.2) is 0 Å². The number of rotatable bonds is 4. The summed E-state index contributed by atoms with van der Waals surface area (Å²) in [5.74, 6) is 0.705. The Labute approximate surface area is 137 Å². The average Bonchev–Trinajstić information content (AvgIpc) is 2.54. The van der Waals surface area contributed by atoms with Gasteiger partial charge in [0, 0.05) is 37.3 Å². The number of hydrogen-bond donors (Lipinski definition) is 1. The van der Waals surface area contributed by atoms with Crippen LogP contribution in [-0.2, 0) is 6.61 Å². The number of benzene rings is 1. The van der Waals surface area contributed by atoms with E-state index in [0.29, 0.717) is 12.5 Å². The van der Waals surface area contributed by atoms with E-state index in [4.69, 9.17) is 4.74 Å². The van der Waals surface area contributed by atoms with E-state index in [9.17, 15) is 0 Å². The molecule has 1 saturated heterocycles. The number of pyridine rings is 1. The maximum Gasteiger partial charge on any atom is 0.237 e. The Morgan fingerprint density at radius 2 is 1.95 bits per heavy atom. The summed E-state index contributed by atoms with van der Waals surface area (Å²) in [6.45, 7) is 4.65. The Kier molecular flexibility index (Phi) is 4.85. The molecule has 2 heterocycles. The van der Waals surface area contributed by atoms with Crippen LogP contribution in [0.4, 0.5) is 5.69 Å². The predicted molar refractivity (Wildman–Crippen MR) is 92.0 cm³/mol. The molecule has 0 spiro atoms. The molecule has 1 aliphatic rings. The van der Waals surface area contributed by atoms with Gasteiger partial charge < -0.3 is 14.5 Å². The van der Waals surface area contributed by atoms with Crippen LogP contribution in [0.5, 0.6) is 5.88 Å². The van der Waals surface area contributed by atoms with Crippen molar-refractivity contribution >= 4 is 18.3 Å². The lowest BCUT2D eigenvalue weighted by Crippen LogP contribution is -2.44. The lowest BCUT2D eigenvalue weighted by Gasteiger charge is -2.34. The first-order valence-corrected chi connectivity index (χ1v) is 7.96. The van der Waals surface area contributed by atoms with Crippen molar-refractivity contribution in [1.29, 1.82) is 0 Å². The van der Waals surface area contributed by atoms with Gasteiger partial charge in [-0.25, -0.2) is 4.98 Å². The fraction of sp³-hybridized carbons (Fsp3) is 0.353. The molecule has 0 amide bonds. The SMILES string of the molecule is CN1CCN(c2cccnc2OCc2cccc(S)c2)CC1. The molecule has 1 aromatic carbocycles. The van der Waals surface area contributed by atoms with Crippen LogP contribution < -0.4 is 9.64 Å². The number of nitrogens with zero attached hydrogens (tertiary/aromatic N) is 3. The van der Waals surface area contributed by atoms with Gasteiger partial charge in [0.2, 0.25) is 5.88 Å². The molecule has 5 heteroatoms. The Morgan fingerprint density at radius 3 is 2.73 bits per heavy atom. The fourth-order valence-corrected chi connectivity index (χ4v) is 2.83. The van der Waals surface area contributed by atoms with Gasteiger partial charge in [-0.05, 0) is 36.9 Å². The Bertz CT molecular complexity index is 627. The third-order valence-corrected chi connectivity index (χ3v) is 4.16. The molecule has 0 aliphatic carbocycles. The van der Waals surface area contributed by atoms with Crippen molar-refractivity contribution in [3.63, 3.8) is 0 Å². The van der Waals surface area contributed by atoms with E-state index in [0.717, 1.165) is 42.3 Å². The second-order valence-electron chi connectivity index (χ2n) is 5.58. The number of aromatic nitrogens is 1. The molecule has 0 atom stereocenters. The minimum Gasteiger partial charge on any atom is -0.471 e. The second kappa shape index (κ2) is 7.03. The zero-order valence-corrected chi connectivity index (χ0v) is 13.7. The topological polar surface area (TPSA) is 28.6 Å². The number of thiol groups is 1. The van der Waals surface area contributed by atoms with Crippen molar-refractivity contribution in [3.8, 4) is 5.88 Å². The maximum absolute atomic E-state index is 5.96. The van der Waals surface area contributed by atoms with Gasteiger partial charge in [0.05, 0.1) is 5.69 Å². The third kappa shape index (κ3) is 3.72. The van der Waals surface area contributed by atoms with Crippen molar-refractivity contribution in [2.24, 2.45) is 0 Å². The molecule has 1 aliphatic heterocycles. The lowest BCUT2D eigenvalue weighted by molar-refractivity contribution is 0.287. The van der Waals surface area contributed by atoms with Crippen molar-refractivity contribution in [1.82, 2.24) is 9.88 Å². The van der Waals surface area contributed by atoms with Crippen LogP contribution in [0.25, 0.3) is 0 Å². The predicted octanol–water partition coefficient (Wildman–Crippen LogP) is 2.70. The highest BCUT2D eigenvalue weighted by Gasteiger charge is 2.18. The summed E-state index contributed by atoms with van der Waals surface area (Å²) in [6, 6.07) is 12.1. The summed E-state index contributed by atoms with van der Waals surface area (Å²) in [5.41, 5.74) is 2.18. The largest absolute Gasteiger partial charge is 0.471 e. The molecule has 1 aromatic heterocycles. The van der Waals surface area contributed by atoms with Gasteiger partial charge in [0.25, 0.3) is 0 Å². The van der Waals surface area contributed by atoms with Crippen LogP contribution >= 0.6 is 12.6 Å². The molecule has 0 bridgehead atoms. The van der Waals surface area contributed by atoms with E-state index in [1.54, 1.807) is 6.20 Å². The van der Waals surface area contributed by atoms with E-state index in [2.05, 4.69) is 40.5 Å². The number of likely N-dealkylation sites (N-methyl/N-ethyl adjacent to an activating group) is 1. The molecule has 0 radical (unpaired) electrons. The average molecular weight is 315 g/mol. The van der Waals surface area contributed by atoms with Crippen LogP contribution in [0.3, 0.4) is 0 Å². The van der Waals surface area contributed by atoms with E-state index in [-0.39, 0.29) is 0 Å². The molecule has 22 heavy (non-hydrogen) atoms. The van der Waals surface area contributed by atoms with Crippen LogP contribution in [0.2, 0.25) is 0 Å². The van der Waals surface area contributed by atoms with Crippen LogP contribution in [0, 0.1) is 0 Å². The number of piperazine rings is 1. The van der Waals surface area contributed by atoms with Gasteiger partial charge in [-0.1, -0.05) is 12.1 Å². The minimum atomic E-state index is 0.506. The summed E-state index contributed by atoms with van der Waals surface area (Å²) in [4.78, 5) is 10.0. The molecule has 1 fully saturated rings. The molecular weight excluding hydrogens is 294 g/mol. The van der Waals surface area contributed by atoms with Crippen molar-refractivity contribution in [3.05, 3.63) is 48.2 Å². The smallest absolute Gasteiger partial charge is 0.237 e. The van der Waals surface area contributed by atoms with Gasteiger partial charge in [-0.2, -0.15) is 0 Å². The fourth-order valence-electron chi connectivity index (χ4n) is 2.58. The quantitative estimate of drug-likeness (QED) is 0.878. The van der Waals surface area contributed by atoms with Gasteiger partial charge in [-0.3, -0.25) is 0 Å². The first-order valence-electron chi connectivity index (χ1n) is 7.51. The molecule has 3 rings (SSSR count). The lowest BCUT2D eigenvalue weighted by atomic mass is 10.2. The van der Waals surface area contributed by atoms with Crippen molar-refractivity contribution < 1.29 is 4.74 Å². The molecule has 116 valence electrons. The zero-order valence-electron chi connectivity index (χ0n) is 12.8. The summed E-state index contributed by atoms with van der Waals surface area (Å²) in [6.07, 6.45) is 1.78. The standard InChI is InChI=1S/C17H21N3OS/c1-19-8-10-20(11-9-19)16-6-3-7-18-17(16)21-13-14-4-2-5-15(22)12-14/h2-7,12,22H,8-11,13H2,1H3. The maximum atomic E-state index is 5.96. The van der Waals surface area contributed by atoms with Crippen LogP contribution in [0.15, 0.2) is 47.5 Å². The van der Waals surface area contributed by atoms with E-state index >= 15 is 0 Å². The molecular formula is C17H21N3OS. The Balaban J connectivity index is 1.71. The second-order valence-corrected chi connectivity index (χ2v) is 6.09.